The first kappa shape index (κ1) is 13.9. The second-order valence-corrected chi connectivity index (χ2v) is 6.19. The van der Waals surface area contributed by atoms with Crippen molar-refractivity contribution < 1.29 is 5.11 Å². The topological polar surface area (TPSA) is 35.5 Å². The lowest BCUT2D eigenvalue weighted by Crippen LogP contribution is -2.46. The van der Waals surface area contributed by atoms with E-state index in [1.54, 1.807) is 0 Å². The molecule has 2 N–H and O–H groups in total. The van der Waals surface area contributed by atoms with Gasteiger partial charge in [-0.25, -0.2) is 0 Å². The van der Waals surface area contributed by atoms with E-state index in [1.807, 2.05) is 7.05 Å². The van der Waals surface area contributed by atoms with Crippen LogP contribution in [0, 0.1) is 11.3 Å². The minimum absolute atomic E-state index is 0.0253. The predicted octanol–water partition coefficient (Wildman–Crippen LogP) is 1.32. The summed E-state index contributed by atoms with van der Waals surface area (Å²) >= 11 is 0. The molecule has 0 amide bonds. The molecular formula is C13H28N2O. The van der Waals surface area contributed by atoms with Crippen molar-refractivity contribution in [2.45, 2.75) is 45.8 Å². The first-order valence-corrected chi connectivity index (χ1v) is 6.39. The van der Waals surface area contributed by atoms with Crippen LogP contribution in [0.15, 0.2) is 0 Å². The van der Waals surface area contributed by atoms with Crippen molar-refractivity contribution in [3.05, 3.63) is 0 Å². The van der Waals surface area contributed by atoms with Crippen LogP contribution in [-0.4, -0.2) is 49.3 Å². The Morgan fingerprint density at radius 2 is 2.00 bits per heavy atom. The van der Waals surface area contributed by atoms with Crippen LogP contribution in [0.1, 0.15) is 33.6 Å². The van der Waals surface area contributed by atoms with E-state index in [9.17, 15) is 5.11 Å². The molecule has 1 unspecified atom stereocenters. The Labute approximate surface area is 100 Å². The molecule has 1 fully saturated rings. The minimum Gasteiger partial charge on any atom is -0.393 e. The van der Waals surface area contributed by atoms with Gasteiger partial charge in [0.2, 0.25) is 0 Å². The molecule has 0 aliphatic heterocycles. The molecule has 3 heteroatoms. The van der Waals surface area contributed by atoms with Crippen molar-refractivity contribution in [3.63, 3.8) is 0 Å². The number of rotatable bonds is 6. The van der Waals surface area contributed by atoms with Gasteiger partial charge >= 0.3 is 0 Å². The smallest absolute Gasteiger partial charge is 0.0546 e. The Morgan fingerprint density at radius 3 is 2.44 bits per heavy atom. The van der Waals surface area contributed by atoms with E-state index in [2.05, 4.69) is 38.0 Å². The normalized spacial score (nSPS) is 27.9. The van der Waals surface area contributed by atoms with Gasteiger partial charge in [-0.1, -0.05) is 13.8 Å². The third kappa shape index (κ3) is 3.72. The fourth-order valence-corrected chi connectivity index (χ4v) is 2.58. The third-order valence-corrected chi connectivity index (χ3v) is 4.06. The van der Waals surface area contributed by atoms with Gasteiger partial charge in [0.1, 0.15) is 0 Å². The van der Waals surface area contributed by atoms with Gasteiger partial charge in [-0.05, 0) is 45.2 Å². The second-order valence-electron chi connectivity index (χ2n) is 6.19. The second kappa shape index (κ2) is 5.48. The predicted molar refractivity (Wildman–Crippen MR) is 68.5 cm³/mol. The average molecular weight is 228 g/mol. The van der Waals surface area contributed by atoms with E-state index in [0.717, 1.165) is 25.9 Å². The van der Waals surface area contributed by atoms with E-state index in [1.165, 1.54) is 0 Å². The standard InChI is InChI=1S/C13H28N2O/c1-10(14-4)13(2,3)9-15(5)8-11-6-12(16)7-11/h10-12,14,16H,6-9H2,1-5H3. The van der Waals surface area contributed by atoms with Crippen molar-refractivity contribution in [2.75, 3.05) is 27.2 Å². The maximum atomic E-state index is 9.26. The van der Waals surface area contributed by atoms with Crippen LogP contribution in [0.4, 0.5) is 0 Å². The average Bonchev–Trinajstić information content (AvgIpc) is 2.13. The summed E-state index contributed by atoms with van der Waals surface area (Å²) in [5, 5.41) is 12.6. The highest BCUT2D eigenvalue weighted by Gasteiger charge is 2.31. The van der Waals surface area contributed by atoms with Crippen molar-refractivity contribution in [2.24, 2.45) is 11.3 Å². The molecule has 0 aromatic heterocycles. The lowest BCUT2D eigenvalue weighted by Gasteiger charge is -2.39. The van der Waals surface area contributed by atoms with E-state index >= 15 is 0 Å². The highest BCUT2D eigenvalue weighted by Crippen LogP contribution is 2.29. The quantitative estimate of drug-likeness (QED) is 0.720. The van der Waals surface area contributed by atoms with Gasteiger partial charge in [0.25, 0.3) is 0 Å². The molecule has 1 rings (SSSR count). The van der Waals surface area contributed by atoms with Gasteiger partial charge in [0.05, 0.1) is 6.10 Å². The highest BCUT2D eigenvalue weighted by atomic mass is 16.3. The molecule has 0 heterocycles. The molecule has 0 saturated heterocycles. The zero-order valence-electron chi connectivity index (χ0n) is 11.5. The van der Waals surface area contributed by atoms with Gasteiger partial charge in [-0.3, -0.25) is 0 Å². The van der Waals surface area contributed by atoms with Crippen LogP contribution in [-0.2, 0) is 0 Å². The number of aliphatic hydroxyl groups excluding tert-OH is 1. The Balaban J connectivity index is 2.29. The van der Waals surface area contributed by atoms with Crippen molar-refractivity contribution in [3.8, 4) is 0 Å². The monoisotopic (exact) mass is 228 g/mol. The first-order valence-electron chi connectivity index (χ1n) is 6.39. The van der Waals surface area contributed by atoms with Crippen LogP contribution in [0.3, 0.4) is 0 Å². The zero-order chi connectivity index (χ0) is 12.3. The van der Waals surface area contributed by atoms with E-state index in [0.29, 0.717) is 12.0 Å². The summed E-state index contributed by atoms with van der Waals surface area (Å²) in [5.41, 5.74) is 0.284. The lowest BCUT2D eigenvalue weighted by molar-refractivity contribution is 0.0219. The fraction of sp³-hybridized carbons (Fsp3) is 1.00. The first-order chi connectivity index (χ1) is 7.35. The summed E-state index contributed by atoms with van der Waals surface area (Å²) in [6.45, 7) is 9.07. The fourth-order valence-electron chi connectivity index (χ4n) is 2.58. The van der Waals surface area contributed by atoms with Crippen molar-refractivity contribution in [1.29, 1.82) is 0 Å². The maximum Gasteiger partial charge on any atom is 0.0546 e. The molecular weight excluding hydrogens is 200 g/mol. The highest BCUT2D eigenvalue weighted by molar-refractivity contribution is 4.85. The molecule has 0 radical (unpaired) electrons. The van der Waals surface area contributed by atoms with Crippen molar-refractivity contribution >= 4 is 0 Å². The van der Waals surface area contributed by atoms with Gasteiger partial charge < -0.3 is 15.3 Å². The van der Waals surface area contributed by atoms with Gasteiger partial charge in [0, 0.05) is 19.1 Å². The molecule has 0 aromatic carbocycles. The SMILES string of the molecule is CNC(C)C(C)(C)CN(C)CC1CC(O)C1. The Hall–Kier alpha value is -0.120. The molecule has 1 aliphatic carbocycles. The summed E-state index contributed by atoms with van der Waals surface area (Å²) < 4.78 is 0. The summed E-state index contributed by atoms with van der Waals surface area (Å²) in [4.78, 5) is 2.41. The minimum atomic E-state index is -0.0253. The van der Waals surface area contributed by atoms with Crippen LogP contribution in [0.5, 0.6) is 0 Å². The molecule has 3 nitrogen and oxygen atoms in total. The molecule has 1 atom stereocenters. The molecule has 1 saturated carbocycles. The number of nitrogens with one attached hydrogen (secondary N) is 1. The number of nitrogens with zero attached hydrogens (tertiary/aromatic N) is 1. The Bertz CT molecular complexity index is 212. The molecule has 0 spiro atoms. The molecule has 96 valence electrons. The van der Waals surface area contributed by atoms with Gasteiger partial charge in [-0.15, -0.1) is 0 Å². The summed E-state index contributed by atoms with van der Waals surface area (Å²) in [5.74, 6) is 0.709. The Morgan fingerprint density at radius 1 is 1.44 bits per heavy atom. The lowest BCUT2D eigenvalue weighted by atomic mass is 9.81. The number of hydrogen-bond acceptors (Lipinski definition) is 3. The van der Waals surface area contributed by atoms with Crippen LogP contribution < -0.4 is 5.32 Å². The van der Waals surface area contributed by atoms with Crippen molar-refractivity contribution in [1.82, 2.24) is 10.2 Å². The molecule has 1 aliphatic rings. The van der Waals surface area contributed by atoms with E-state index in [4.69, 9.17) is 0 Å². The van der Waals surface area contributed by atoms with Crippen LogP contribution in [0.2, 0.25) is 0 Å². The van der Waals surface area contributed by atoms with Gasteiger partial charge in [0.15, 0.2) is 0 Å². The summed E-state index contributed by atoms with van der Waals surface area (Å²) in [7, 11) is 4.21. The van der Waals surface area contributed by atoms with E-state index in [-0.39, 0.29) is 11.5 Å². The van der Waals surface area contributed by atoms with Crippen LogP contribution >= 0.6 is 0 Å². The van der Waals surface area contributed by atoms with E-state index < -0.39 is 0 Å². The third-order valence-electron chi connectivity index (χ3n) is 4.06. The summed E-state index contributed by atoms with van der Waals surface area (Å²) in [6, 6.07) is 0.516. The van der Waals surface area contributed by atoms with Crippen LogP contribution in [0.25, 0.3) is 0 Å². The maximum absolute atomic E-state index is 9.26. The number of aliphatic hydroxyl groups is 1. The molecule has 16 heavy (non-hydrogen) atoms. The Kier molecular flexibility index (Phi) is 4.77. The molecule has 0 bridgehead atoms. The summed E-state index contributed by atoms with van der Waals surface area (Å²) in [6.07, 6.45) is 1.96. The largest absolute Gasteiger partial charge is 0.393 e. The van der Waals surface area contributed by atoms with Gasteiger partial charge in [-0.2, -0.15) is 0 Å². The zero-order valence-corrected chi connectivity index (χ0v) is 11.5. The molecule has 0 aromatic rings. The number of hydrogen-bond donors (Lipinski definition) is 2.